The van der Waals surface area contributed by atoms with E-state index in [0.717, 1.165) is 49.0 Å². The molecule has 136 valence electrons. The molecule has 25 heavy (non-hydrogen) atoms. The molecule has 0 fully saturated rings. The van der Waals surface area contributed by atoms with E-state index in [4.69, 9.17) is 4.74 Å². The van der Waals surface area contributed by atoms with Gasteiger partial charge in [0.15, 0.2) is 0 Å². The van der Waals surface area contributed by atoms with Crippen molar-refractivity contribution in [3.63, 3.8) is 0 Å². The summed E-state index contributed by atoms with van der Waals surface area (Å²) in [6.07, 6.45) is 7.51. The topological polar surface area (TPSA) is 81.8 Å². The first kappa shape index (κ1) is 17.6. The number of aromatic hydroxyl groups is 1. The van der Waals surface area contributed by atoms with Gasteiger partial charge >= 0.3 is 0 Å². The highest BCUT2D eigenvalue weighted by Crippen LogP contribution is 2.48. The summed E-state index contributed by atoms with van der Waals surface area (Å²) in [5.74, 6) is 1.97. The van der Waals surface area contributed by atoms with Crippen molar-refractivity contribution in [1.29, 1.82) is 0 Å². The molecule has 0 unspecified atom stereocenters. The van der Waals surface area contributed by atoms with Crippen molar-refractivity contribution in [3.8, 4) is 11.5 Å². The van der Waals surface area contributed by atoms with Crippen LogP contribution in [0, 0.1) is 16.0 Å². The Labute approximate surface area is 147 Å². The van der Waals surface area contributed by atoms with Crippen molar-refractivity contribution in [2.45, 2.75) is 51.4 Å². The fourth-order valence-electron chi connectivity index (χ4n) is 3.88. The van der Waals surface area contributed by atoms with Gasteiger partial charge < -0.3 is 14.7 Å². The lowest BCUT2D eigenvalue weighted by molar-refractivity contribution is -0.757. The summed E-state index contributed by atoms with van der Waals surface area (Å²) in [6.45, 7) is 3.00. The third-order valence-corrected chi connectivity index (χ3v) is 5.19. The zero-order valence-electron chi connectivity index (χ0n) is 14.6. The van der Waals surface area contributed by atoms with E-state index in [1.165, 1.54) is 5.57 Å². The fraction of sp³-hybridized carbons (Fsp3) is 0.579. The van der Waals surface area contributed by atoms with E-state index in [0.29, 0.717) is 30.6 Å². The lowest BCUT2D eigenvalue weighted by atomic mass is 9.74. The molecule has 0 saturated heterocycles. The Bertz CT molecular complexity index is 670. The Balaban J connectivity index is 1.60. The van der Waals surface area contributed by atoms with Gasteiger partial charge in [0.2, 0.25) is 0 Å². The van der Waals surface area contributed by atoms with Crippen LogP contribution in [0.1, 0.15) is 56.1 Å². The molecule has 0 bridgehead atoms. The van der Waals surface area contributed by atoms with Crippen LogP contribution in [0.4, 0.5) is 0 Å². The number of unbranched alkanes of at least 4 members (excludes halogenated alkanes) is 2. The minimum atomic E-state index is -0.756. The Morgan fingerprint density at radius 3 is 3.00 bits per heavy atom. The van der Waals surface area contributed by atoms with E-state index >= 15 is 0 Å². The summed E-state index contributed by atoms with van der Waals surface area (Å²) in [5.41, 5.74) is 3.40. The van der Waals surface area contributed by atoms with Crippen LogP contribution >= 0.6 is 0 Å². The molecular weight excluding hydrogens is 322 g/mol. The minimum Gasteiger partial charge on any atom is -0.508 e. The van der Waals surface area contributed by atoms with Crippen molar-refractivity contribution in [2.75, 3.05) is 13.2 Å². The van der Waals surface area contributed by atoms with Crippen LogP contribution < -0.4 is 4.74 Å². The van der Waals surface area contributed by atoms with E-state index in [1.54, 1.807) is 0 Å². The Kier molecular flexibility index (Phi) is 5.46. The third-order valence-electron chi connectivity index (χ3n) is 5.19. The highest BCUT2D eigenvalue weighted by Gasteiger charge is 2.35. The quantitative estimate of drug-likeness (QED) is 0.347. The van der Waals surface area contributed by atoms with Gasteiger partial charge in [-0.2, -0.15) is 0 Å². The van der Waals surface area contributed by atoms with Crippen LogP contribution in [0.15, 0.2) is 23.8 Å². The summed E-state index contributed by atoms with van der Waals surface area (Å²) in [4.78, 5) is 14.4. The first-order valence-corrected chi connectivity index (χ1v) is 8.96. The monoisotopic (exact) mass is 347 g/mol. The average Bonchev–Trinajstić information content (AvgIpc) is 2.57. The number of ether oxygens (including phenoxy) is 1. The molecular formula is C19H25NO5. The normalized spacial score (nSPS) is 21.6. The number of hydrogen-bond acceptors (Lipinski definition) is 5. The Morgan fingerprint density at radius 2 is 2.20 bits per heavy atom. The molecule has 6 heteroatoms. The summed E-state index contributed by atoms with van der Waals surface area (Å²) in [7, 11) is 0. The number of hydrogen-bond donors (Lipinski definition) is 1. The second-order valence-corrected chi connectivity index (χ2v) is 7.06. The van der Waals surface area contributed by atoms with E-state index in [-0.39, 0.29) is 6.61 Å². The number of aryl methyl sites for hydroxylation is 1. The predicted molar refractivity (Wildman–Crippen MR) is 93.3 cm³/mol. The van der Waals surface area contributed by atoms with Crippen LogP contribution in [0.3, 0.4) is 0 Å². The zero-order chi connectivity index (χ0) is 17.8. The van der Waals surface area contributed by atoms with Crippen LogP contribution in [0.5, 0.6) is 11.5 Å². The number of fused-ring (bicyclic) bond motifs is 3. The number of phenols is 1. The lowest BCUT2D eigenvalue weighted by Gasteiger charge is -2.36. The van der Waals surface area contributed by atoms with Gasteiger partial charge in [0, 0.05) is 17.4 Å². The van der Waals surface area contributed by atoms with Gasteiger partial charge in [-0.05, 0) is 56.7 Å². The maximum Gasteiger partial charge on any atom is 0.294 e. The first-order valence-electron chi connectivity index (χ1n) is 8.96. The first-order chi connectivity index (χ1) is 12.0. The number of rotatable bonds is 7. The highest BCUT2D eigenvalue weighted by atomic mass is 16.9. The molecule has 1 aromatic rings. The second-order valence-electron chi connectivity index (χ2n) is 7.06. The zero-order valence-corrected chi connectivity index (χ0v) is 14.6. The molecule has 6 nitrogen and oxygen atoms in total. The molecule has 0 saturated carbocycles. The summed E-state index contributed by atoms with van der Waals surface area (Å²) in [5, 5.41) is 19.9. The maximum atomic E-state index is 10.6. The molecule has 1 N–H and O–H groups in total. The summed E-state index contributed by atoms with van der Waals surface area (Å²) < 4.78 is 5.94. The molecule has 0 spiro atoms. The average molecular weight is 347 g/mol. The van der Waals surface area contributed by atoms with E-state index < -0.39 is 5.09 Å². The van der Waals surface area contributed by atoms with Gasteiger partial charge in [0.1, 0.15) is 11.5 Å². The van der Waals surface area contributed by atoms with Crippen molar-refractivity contribution in [3.05, 3.63) is 45.0 Å². The Hall–Kier alpha value is -2.24. The molecule has 3 rings (SSSR count). The summed E-state index contributed by atoms with van der Waals surface area (Å²) in [6, 6.07) is 3.90. The third kappa shape index (κ3) is 4.24. The van der Waals surface area contributed by atoms with Crippen molar-refractivity contribution in [2.24, 2.45) is 5.92 Å². The molecule has 1 aliphatic carbocycles. The molecule has 0 radical (unpaired) electrons. The molecule has 0 amide bonds. The molecule has 2 aliphatic rings. The second kappa shape index (κ2) is 7.76. The van der Waals surface area contributed by atoms with Gasteiger partial charge in [0.05, 0.1) is 13.2 Å². The minimum absolute atomic E-state index is 0.140. The SMILES string of the molecule is CC1=CC[C@@H]2COc3cc(CCCCCO[N+](=O)[O-])cc(O)c3[C@H]2C1. The largest absolute Gasteiger partial charge is 0.508 e. The van der Waals surface area contributed by atoms with Gasteiger partial charge in [-0.1, -0.05) is 18.1 Å². The van der Waals surface area contributed by atoms with Gasteiger partial charge in [-0.3, -0.25) is 0 Å². The smallest absolute Gasteiger partial charge is 0.294 e. The lowest BCUT2D eigenvalue weighted by Crippen LogP contribution is -2.28. The van der Waals surface area contributed by atoms with Gasteiger partial charge in [0.25, 0.3) is 5.09 Å². The molecule has 0 aromatic heterocycles. The van der Waals surface area contributed by atoms with Gasteiger partial charge in [-0.15, -0.1) is 10.1 Å². The molecule has 2 atom stereocenters. The van der Waals surface area contributed by atoms with Crippen LogP contribution in [0.2, 0.25) is 0 Å². The van der Waals surface area contributed by atoms with E-state index in [1.807, 2.05) is 12.1 Å². The van der Waals surface area contributed by atoms with Crippen LogP contribution in [-0.4, -0.2) is 23.4 Å². The number of phenolic OH excluding ortho intramolecular Hbond substituents is 1. The van der Waals surface area contributed by atoms with E-state index in [9.17, 15) is 15.2 Å². The Morgan fingerprint density at radius 1 is 1.36 bits per heavy atom. The molecule has 1 heterocycles. The van der Waals surface area contributed by atoms with Crippen molar-refractivity contribution in [1.82, 2.24) is 0 Å². The molecule has 1 aromatic carbocycles. The number of allylic oxidation sites excluding steroid dienone is 2. The summed E-state index contributed by atoms with van der Waals surface area (Å²) >= 11 is 0. The van der Waals surface area contributed by atoms with Crippen molar-refractivity contribution >= 4 is 0 Å². The molecule has 1 aliphatic heterocycles. The standard InChI is InChI=1S/C19H25NO5/c1-13-6-7-15-12-24-18-11-14(5-3-2-4-8-25-20(22)23)10-17(21)19(18)16(15)9-13/h6,10-11,15-16,21H,2-5,7-9,12H2,1H3/t15-,16+/m1/s1. The van der Waals surface area contributed by atoms with Gasteiger partial charge in [-0.25, -0.2) is 0 Å². The number of nitrogens with zero attached hydrogens (tertiary/aromatic N) is 1. The predicted octanol–water partition coefficient (Wildman–Crippen LogP) is 4.15. The highest BCUT2D eigenvalue weighted by molar-refractivity contribution is 5.51. The fourth-order valence-corrected chi connectivity index (χ4v) is 3.88. The van der Waals surface area contributed by atoms with Crippen LogP contribution in [0.25, 0.3) is 0 Å². The van der Waals surface area contributed by atoms with E-state index in [2.05, 4.69) is 17.8 Å². The van der Waals surface area contributed by atoms with Crippen molar-refractivity contribution < 1.29 is 19.8 Å². The number of benzene rings is 1. The maximum absolute atomic E-state index is 10.6. The van der Waals surface area contributed by atoms with Crippen LogP contribution in [-0.2, 0) is 11.3 Å².